The molecule has 30 heavy (non-hydrogen) atoms. The number of ether oxygens (including phenoxy) is 2. The van der Waals surface area contributed by atoms with Crippen molar-refractivity contribution in [2.24, 2.45) is 5.92 Å². The quantitative estimate of drug-likeness (QED) is 0.609. The van der Waals surface area contributed by atoms with Crippen LogP contribution in [0.4, 0.5) is 0 Å². The van der Waals surface area contributed by atoms with E-state index in [1.54, 1.807) is 25.3 Å². The molecule has 1 saturated heterocycles. The summed E-state index contributed by atoms with van der Waals surface area (Å²) in [5.74, 6) is -0.336. The fourth-order valence-electron chi connectivity index (χ4n) is 3.25. The van der Waals surface area contributed by atoms with Gasteiger partial charge >= 0.3 is 5.97 Å². The first-order valence-electron chi connectivity index (χ1n) is 10.0. The molecule has 2 aromatic rings. The normalized spacial score (nSPS) is 17.4. The van der Waals surface area contributed by atoms with E-state index in [-0.39, 0.29) is 25.7 Å². The summed E-state index contributed by atoms with van der Waals surface area (Å²) >= 11 is 0. The van der Waals surface area contributed by atoms with Gasteiger partial charge in [0.05, 0.1) is 12.5 Å². The van der Waals surface area contributed by atoms with Crippen LogP contribution in [0.25, 0.3) is 0 Å². The zero-order chi connectivity index (χ0) is 21.4. The zero-order valence-electron chi connectivity index (χ0n) is 17.0. The average molecular weight is 434 g/mol. The summed E-state index contributed by atoms with van der Waals surface area (Å²) in [5.41, 5.74) is 1.75. The number of aromatic nitrogens is 1. The molecule has 2 heterocycles. The standard InChI is InChI=1S/C21H27N3O5S/c1-2-28-21(25)19-9-6-12-24(15-19)30(26,27)23-14-18-10-11-22-20(13-18)29-16-17-7-4-3-5-8-17/h3-5,7-8,10-11,13,19,23H,2,6,9,12,14-16H2,1H3/t19-/m1/s1. The van der Waals surface area contributed by atoms with E-state index in [1.165, 1.54) is 4.31 Å². The van der Waals surface area contributed by atoms with Crippen LogP contribution in [0.2, 0.25) is 0 Å². The van der Waals surface area contributed by atoms with Crippen molar-refractivity contribution in [2.45, 2.75) is 32.9 Å². The van der Waals surface area contributed by atoms with Crippen molar-refractivity contribution in [3.05, 3.63) is 59.8 Å². The largest absolute Gasteiger partial charge is 0.473 e. The fourth-order valence-corrected chi connectivity index (χ4v) is 4.53. The van der Waals surface area contributed by atoms with E-state index in [9.17, 15) is 13.2 Å². The van der Waals surface area contributed by atoms with Gasteiger partial charge < -0.3 is 9.47 Å². The SMILES string of the molecule is CCOC(=O)[C@@H]1CCCN(S(=O)(=O)NCc2ccnc(OCc3ccccc3)c2)C1. The monoisotopic (exact) mass is 433 g/mol. The summed E-state index contributed by atoms with van der Waals surface area (Å²) in [5, 5.41) is 0. The lowest BCUT2D eigenvalue weighted by molar-refractivity contribution is -0.149. The molecule has 1 fully saturated rings. The Hall–Kier alpha value is -2.49. The van der Waals surface area contributed by atoms with Gasteiger partial charge in [-0.2, -0.15) is 17.4 Å². The highest BCUT2D eigenvalue weighted by Crippen LogP contribution is 2.20. The van der Waals surface area contributed by atoms with Crippen LogP contribution in [-0.2, 0) is 32.9 Å². The second-order valence-electron chi connectivity index (χ2n) is 7.05. The molecule has 0 radical (unpaired) electrons. The number of esters is 1. The van der Waals surface area contributed by atoms with Crippen molar-refractivity contribution in [3.63, 3.8) is 0 Å². The highest BCUT2D eigenvalue weighted by atomic mass is 32.2. The predicted molar refractivity (Wildman–Crippen MR) is 112 cm³/mol. The fraction of sp³-hybridized carbons (Fsp3) is 0.429. The van der Waals surface area contributed by atoms with Crippen LogP contribution in [0.15, 0.2) is 48.7 Å². The predicted octanol–water partition coefficient (Wildman–Crippen LogP) is 2.27. The first kappa shape index (κ1) is 22.2. The minimum Gasteiger partial charge on any atom is -0.473 e. The van der Waals surface area contributed by atoms with Crippen LogP contribution in [0.5, 0.6) is 5.88 Å². The Kier molecular flexibility index (Phi) is 7.78. The summed E-state index contributed by atoms with van der Waals surface area (Å²) in [6.07, 6.45) is 2.84. The third-order valence-electron chi connectivity index (χ3n) is 4.83. The van der Waals surface area contributed by atoms with Crippen molar-refractivity contribution < 1.29 is 22.7 Å². The Morgan fingerprint density at radius 2 is 2.03 bits per heavy atom. The molecule has 0 unspecified atom stereocenters. The molecule has 0 amide bonds. The van der Waals surface area contributed by atoms with Crippen LogP contribution < -0.4 is 9.46 Å². The van der Waals surface area contributed by atoms with Crippen LogP contribution in [0.3, 0.4) is 0 Å². The summed E-state index contributed by atoms with van der Waals surface area (Å²) in [6.45, 7) is 3.03. The Morgan fingerprint density at radius 3 is 2.80 bits per heavy atom. The molecule has 1 N–H and O–H groups in total. The third-order valence-corrected chi connectivity index (χ3v) is 6.35. The molecule has 1 aromatic heterocycles. The minimum absolute atomic E-state index is 0.104. The number of carbonyl (C=O) groups is 1. The van der Waals surface area contributed by atoms with E-state index in [0.717, 1.165) is 11.1 Å². The van der Waals surface area contributed by atoms with E-state index in [2.05, 4.69) is 9.71 Å². The highest BCUT2D eigenvalue weighted by molar-refractivity contribution is 7.87. The van der Waals surface area contributed by atoms with Gasteiger partial charge in [-0.05, 0) is 37.0 Å². The third kappa shape index (κ3) is 6.25. The Bertz CT molecular complexity index is 937. The van der Waals surface area contributed by atoms with Gasteiger partial charge in [-0.15, -0.1) is 0 Å². The Labute approximate surface area is 177 Å². The van der Waals surface area contributed by atoms with Crippen molar-refractivity contribution >= 4 is 16.2 Å². The molecule has 1 aliphatic rings. The van der Waals surface area contributed by atoms with Crippen molar-refractivity contribution in [2.75, 3.05) is 19.7 Å². The number of pyridine rings is 1. The number of carbonyl (C=O) groups excluding carboxylic acids is 1. The molecular weight excluding hydrogens is 406 g/mol. The van der Waals surface area contributed by atoms with Crippen LogP contribution in [-0.4, -0.2) is 43.4 Å². The first-order valence-corrected chi connectivity index (χ1v) is 11.4. The summed E-state index contributed by atoms with van der Waals surface area (Å²) in [7, 11) is -3.72. The van der Waals surface area contributed by atoms with Gasteiger partial charge in [0, 0.05) is 31.9 Å². The number of rotatable bonds is 9. The molecule has 1 aromatic carbocycles. The maximum absolute atomic E-state index is 12.7. The van der Waals surface area contributed by atoms with Gasteiger partial charge in [0.15, 0.2) is 0 Å². The molecule has 0 bridgehead atoms. The van der Waals surface area contributed by atoms with Gasteiger partial charge in [-0.1, -0.05) is 30.3 Å². The number of nitrogens with one attached hydrogen (secondary N) is 1. The first-order chi connectivity index (χ1) is 14.5. The molecular formula is C21H27N3O5S. The molecule has 1 aliphatic heterocycles. The van der Waals surface area contributed by atoms with Crippen molar-refractivity contribution in [1.29, 1.82) is 0 Å². The molecule has 8 nitrogen and oxygen atoms in total. The van der Waals surface area contributed by atoms with Gasteiger partial charge in [0.2, 0.25) is 5.88 Å². The number of hydrogen-bond acceptors (Lipinski definition) is 6. The Balaban J connectivity index is 1.55. The van der Waals surface area contributed by atoms with Crippen molar-refractivity contribution in [3.8, 4) is 5.88 Å². The summed E-state index contributed by atoms with van der Waals surface area (Å²) < 4.78 is 40.0. The molecule has 9 heteroatoms. The summed E-state index contributed by atoms with van der Waals surface area (Å²) in [4.78, 5) is 16.1. The van der Waals surface area contributed by atoms with E-state index in [0.29, 0.717) is 31.9 Å². The molecule has 3 rings (SSSR count). The van der Waals surface area contributed by atoms with E-state index >= 15 is 0 Å². The zero-order valence-corrected chi connectivity index (χ0v) is 17.8. The van der Waals surface area contributed by atoms with E-state index in [1.807, 2.05) is 30.3 Å². The van der Waals surface area contributed by atoms with Crippen molar-refractivity contribution in [1.82, 2.24) is 14.0 Å². The van der Waals surface area contributed by atoms with Gasteiger partial charge in [0.1, 0.15) is 6.61 Å². The van der Waals surface area contributed by atoms with Crippen LogP contribution >= 0.6 is 0 Å². The minimum atomic E-state index is -3.72. The highest BCUT2D eigenvalue weighted by Gasteiger charge is 2.32. The Morgan fingerprint density at radius 1 is 1.23 bits per heavy atom. The second-order valence-corrected chi connectivity index (χ2v) is 8.81. The number of benzene rings is 1. The van der Waals surface area contributed by atoms with Crippen LogP contribution in [0.1, 0.15) is 30.9 Å². The molecule has 1 atom stereocenters. The summed E-state index contributed by atoms with van der Waals surface area (Å²) in [6, 6.07) is 13.2. The lowest BCUT2D eigenvalue weighted by atomic mass is 10.0. The lowest BCUT2D eigenvalue weighted by Crippen LogP contribution is -2.47. The van der Waals surface area contributed by atoms with Gasteiger partial charge in [-0.25, -0.2) is 4.98 Å². The maximum Gasteiger partial charge on any atom is 0.310 e. The molecule has 162 valence electrons. The van der Waals surface area contributed by atoms with Crippen LogP contribution in [0, 0.1) is 5.92 Å². The molecule has 0 saturated carbocycles. The maximum atomic E-state index is 12.7. The number of nitrogens with zero attached hydrogens (tertiary/aromatic N) is 2. The smallest absolute Gasteiger partial charge is 0.310 e. The molecule has 0 aliphatic carbocycles. The topological polar surface area (TPSA) is 97.8 Å². The van der Waals surface area contributed by atoms with Gasteiger partial charge in [0.25, 0.3) is 10.2 Å². The second kappa shape index (κ2) is 10.5. The van der Waals surface area contributed by atoms with E-state index in [4.69, 9.17) is 9.47 Å². The molecule has 0 spiro atoms. The van der Waals surface area contributed by atoms with Gasteiger partial charge in [-0.3, -0.25) is 4.79 Å². The number of hydrogen-bond donors (Lipinski definition) is 1. The lowest BCUT2D eigenvalue weighted by Gasteiger charge is -2.30. The average Bonchev–Trinajstić information content (AvgIpc) is 2.78. The number of piperidine rings is 1. The van der Waals surface area contributed by atoms with E-state index < -0.39 is 16.1 Å².